The lowest BCUT2D eigenvalue weighted by Crippen LogP contribution is -2.11. The van der Waals surface area contributed by atoms with Gasteiger partial charge in [0.1, 0.15) is 7.14 Å². The SMILES string of the molecule is CC1=CC[C@@H](C)[P@]1(=O)c1ccccc1. The maximum Gasteiger partial charge on any atom is 0.141 e. The summed E-state index contributed by atoms with van der Waals surface area (Å²) in [5.74, 6) is 0. The smallest absolute Gasteiger partial charge is 0.141 e. The van der Waals surface area contributed by atoms with Crippen molar-refractivity contribution in [2.45, 2.75) is 25.9 Å². The fourth-order valence-electron chi connectivity index (χ4n) is 2.08. The molecule has 74 valence electrons. The van der Waals surface area contributed by atoms with E-state index in [9.17, 15) is 4.57 Å². The molecule has 1 aliphatic heterocycles. The standard InChI is InChI=1S/C12H15OP/c1-10-8-9-11(2)14(10,13)12-6-4-3-5-7-12/h3-8,11H,9H2,1-2H3/t11-,14+/m1/s1. The van der Waals surface area contributed by atoms with Crippen LogP contribution in [0, 0.1) is 0 Å². The zero-order valence-corrected chi connectivity index (χ0v) is 9.50. The molecule has 1 heterocycles. The van der Waals surface area contributed by atoms with E-state index in [1.807, 2.05) is 37.3 Å². The van der Waals surface area contributed by atoms with Crippen molar-refractivity contribution in [1.29, 1.82) is 0 Å². The van der Waals surface area contributed by atoms with Gasteiger partial charge < -0.3 is 4.57 Å². The van der Waals surface area contributed by atoms with E-state index in [4.69, 9.17) is 0 Å². The first-order valence-corrected chi connectivity index (χ1v) is 6.76. The van der Waals surface area contributed by atoms with Gasteiger partial charge in [-0.15, -0.1) is 0 Å². The summed E-state index contributed by atoms with van der Waals surface area (Å²) in [7, 11) is -2.24. The van der Waals surface area contributed by atoms with E-state index in [0.29, 0.717) is 0 Å². The van der Waals surface area contributed by atoms with Crippen LogP contribution in [0.4, 0.5) is 0 Å². The van der Waals surface area contributed by atoms with Gasteiger partial charge in [-0.25, -0.2) is 0 Å². The monoisotopic (exact) mass is 206 g/mol. The molecule has 0 radical (unpaired) electrons. The molecule has 0 saturated carbocycles. The van der Waals surface area contributed by atoms with Gasteiger partial charge in [0.05, 0.1) is 0 Å². The highest BCUT2D eigenvalue weighted by Crippen LogP contribution is 2.61. The van der Waals surface area contributed by atoms with Crippen molar-refractivity contribution in [2.24, 2.45) is 0 Å². The van der Waals surface area contributed by atoms with Crippen LogP contribution in [0.2, 0.25) is 0 Å². The fraction of sp³-hybridized carbons (Fsp3) is 0.333. The fourth-order valence-corrected chi connectivity index (χ4v) is 5.09. The molecule has 0 spiro atoms. The van der Waals surface area contributed by atoms with Crippen LogP contribution in [-0.2, 0) is 4.57 Å². The van der Waals surface area contributed by atoms with E-state index < -0.39 is 7.14 Å². The van der Waals surface area contributed by atoms with Gasteiger partial charge in [-0.2, -0.15) is 0 Å². The Bertz CT molecular complexity index is 406. The summed E-state index contributed by atoms with van der Waals surface area (Å²) in [4.78, 5) is 0. The molecule has 1 nitrogen and oxygen atoms in total. The van der Waals surface area contributed by atoms with Gasteiger partial charge in [-0.1, -0.05) is 43.3 Å². The first-order chi connectivity index (χ1) is 6.65. The van der Waals surface area contributed by atoms with Crippen LogP contribution >= 0.6 is 7.14 Å². The quantitative estimate of drug-likeness (QED) is 0.644. The molecule has 1 aromatic rings. The highest BCUT2D eigenvalue weighted by molar-refractivity contribution is 7.76. The van der Waals surface area contributed by atoms with Crippen LogP contribution in [-0.4, -0.2) is 5.66 Å². The Kier molecular flexibility index (Phi) is 2.36. The Morgan fingerprint density at radius 1 is 1.29 bits per heavy atom. The first kappa shape index (κ1) is 9.73. The summed E-state index contributed by atoms with van der Waals surface area (Å²) >= 11 is 0. The summed E-state index contributed by atoms with van der Waals surface area (Å²) < 4.78 is 12.8. The van der Waals surface area contributed by atoms with Gasteiger partial charge in [-0.3, -0.25) is 0 Å². The van der Waals surface area contributed by atoms with Gasteiger partial charge in [0.2, 0.25) is 0 Å². The third kappa shape index (κ3) is 1.27. The minimum absolute atomic E-state index is 0.282. The highest BCUT2D eigenvalue weighted by atomic mass is 31.2. The molecule has 0 N–H and O–H groups in total. The second-order valence-corrected chi connectivity index (χ2v) is 7.34. The molecule has 1 aromatic carbocycles. The van der Waals surface area contributed by atoms with Crippen LogP contribution in [0.5, 0.6) is 0 Å². The number of allylic oxidation sites excluding steroid dienone is 2. The van der Waals surface area contributed by atoms with Crippen LogP contribution in [0.25, 0.3) is 0 Å². The van der Waals surface area contributed by atoms with Crippen molar-refractivity contribution in [3.8, 4) is 0 Å². The summed E-state index contributed by atoms with van der Waals surface area (Å²) in [6, 6.07) is 9.87. The van der Waals surface area contributed by atoms with E-state index in [1.165, 1.54) is 0 Å². The minimum Gasteiger partial charge on any atom is -0.314 e. The number of benzene rings is 1. The minimum atomic E-state index is -2.24. The molecule has 0 saturated heterocycles. The van der Waals surface area contributed by atoms with Crippen molar-refractivity contribution < 1.29 is 4.57 Å². The van der Waals surface area contributed by atoms with Crippen LogP contribution in [0.1, 0.15) is 20.3 Å². The van der Waals surface area contributed by atoms with Crippen LogP contribution < -0.4 is 5.30 Å². The molecule has 0 aromatic heterocycles. The normalized spacial score (nSPS) is 31.6. The highest BCUT2D eigenvalue weighted by Gasteiger charge is 2.36. The maximum atomic E-state index is 12.8. The van der Waals surface area contributed by atoms with E-state index in [0.717, 1.165) is 17.0 Å². The van der Waals surface area contributed by atoms with E-state index in [-0.39, 0.29) is 5.66 Å². The zero-order chi connectivity index (χ0) is 10.2. The molecule has 0 unspecified atom stereocenters. The van der Waals surface area contributed by atoms with E-state index in [2.05, 4.69) is 13.0 Å². The predicted molar refractivity (Wildman–Crippen MR) is 61.5 cm³/mol. The maximum absolute atomic E-state index is 12.8. The van der Waals surface area contributed by atoms with Gasteiger partial charge >= 0.3 is 0 Å². The third-order valence-electron chi connectivity index (χ3n) is 3.04. The summed E-state index contributed by atoms with van der Waals surface area (Å²) in [6.45, 7) is 4.08. The number of hydrogen-bond donors (Lipinski definition) is 0. The van der Waals surface area contributed by atoms with Crippen LogP contribution in [0.3, 0.4) is 0 Å². The molecular formula is C12H15OP. The van der Waals surface area contributed by atoms with Gasteiger partial charge in [0.25, 0.3) is 0 Å². The molecule has 0 fully saturated rings. The molecule has 2 heteroatoms. The topological polar surface area (TPSA) is 17.1 Å². The van der Waals surface area contributed by atoms with Crippen molar-refractivity contribution >= 4 is 12.4 Å². The van der Waals surface area contributed by atoms with Crippen molar-refractivity contribution in [3.05, 3.63) is 41.7 Å². The Balaban J connectivity index is 2.53. The Hall–Kier alpha value is -0.810. The summed E-state index contributed by atoms with van der Waals surface area (Å²) in [6.07, 6.45) is 3.08. The van der Waals surface area contributed by atoms with E-state index in [1.54, 1.807) is 0 Å². The summed E-state index contributed by atoms with van der Waals surface area (Å²) in [5.41, 5.74) is 0.282. The lowest BCUT2D eigenvalue weighted by atomic mass is 10.3. The second kappa shape index (κ2) is 3.40. The molecular weight excluding hydrogens is 191 g/mol. The largest absolute Gasteiger partial charge is 0.314 e. The molecule has 14 heavy (non-hydrogen) atoms. The lowest BCUT2D eigenvalue weighted by Gasteiger charge is -2.19. The lowest BCUT2D eigenvalue weighted by molar-refractivity contribution is 0.580. The predicted octanol–water partition coefficient (Wildman–Crippen LogP) is 3.37. The molecule has 1 aliphatic rings. The van der Waals surface area contributed by atoms with Gasteiger partial charge in [-0.05, 0) is 18.7 Å². The first-order valence-electron chi connectivity index (χ1n) is 4.98. The third-order valence-corrected chi connectivity index (χ3v) is 6.79. The second-order valence-electron chi connectivity index (χ2n) is 3.92. The molecule has 0 bridgehead atoms. The summed E-state index contributed by atoms with van der Waals surface area (Å²) in [5, 5.41) is 2.09. The molecule has 2 atom stereocenters. The average Bonchev–Trinajstić information content (AvgIpc) is 2.49. The van der Waals surface area contributed by atoms with Crippen molar-refractivity contribution in [2.75, 3.05) is 0 Å². The Morgan fingerprint density at radius 2 is 1.93 bits per heavy atom. The van der Waals surface area contributed by atoms with Crippen molar-refractivity contribution in [3.63, 3.8) is 0 Å². The van der Waals surface area contributed by atoms with Gasteiger partial charge in [0.15, 0.2) is 0 Å². The molecule has 0 amide bonds. The van der Waals surface area contributed by atoms with E-state index >= 15 is 0 Å². The molecule has 0 aliphatic carbocycles. The molecule has 2 rings (SSSR count). The van der Waals surface area contributed by atoms with Gasteiger partial charge in [0, 0.05) is 11.0 Å². The van der Waals surface area contributed by atoms with Crippen molar-refractivity contribution in [1.82, 2.24) is 0 Å². The van der Waals surface area contributed by atoms with Crippen LogP contribution in [0.15, 0.2) is 41.7 Å². The number of hydrogen-bond acceptors (Lipinski definition) is 1. The Labute approximate surface area is 85.2 Å². The number of rotatable bonds is 1. The Morgan fingerprint density at radius 3 is 2.43 bits per heavy atom. The zero-order valence-electron chi connectivity index (χ0n) is 8.60. The average molecular weight is 206 g/mol.